The van der Waals surface area contributed by atoms with Gasteiger partial charge in [0.2, 0.25) is 0 Å². The van der Waals surface area contributed by atoms with E-state index >= 15 is 0 Å². The second-order valence-corrected chi connectivity index (χ2v) is 3.84. The van der Waals surface area contributed by atoms with Gasteiger partial charge in [0, 0.05) is 6.54 Å². The molecule has 16 heavy (non-hydrogen) atoms. The largest absolute Gasteiger partial charge is 0.325 e. The summed E-state index contributed by atoms with van der Waals surface area (Å²) in [7, 11) is 0. The lowest BCUT2D eigenvalue weighted by Crippen LogP contribution is -2.29. The van der Waals surface area contributed by atoms with Crippen LogP contribution in [0.15, 0.2) is 6.20 Å². The zero-order chi connectivity index (χ0) is 12.0. The SMILES string of the molecule is CC(C)CONC(=O)Cn1cc(CN)nn1. The Kier molecular flexibility index (Phi) is 4.87. The van der Waals surface area contributed by atoms with Crippen LogP contribution in [-0.2, 0) is 22.7 Å². The molecular weight excluding hydrogens is 210 g/mol. The summed E-state index contributed by atoms with van der Waals surface area (Å²) in [5, 5.41) is 7.50. The van der Waals surface area contributed by atoms with E-state index in [1.807, 2.05) is 13.8 Å². The molecule has 0 spiro atoms. The van der Waals surface area contributed by atoms with Crippen molar-refractivity contribution in [3.05, 3.63) is 11.9 Å². The average molecular weight is 227 g/mol. The number of carbonyl (C=O) groups excluding carboxylic acids is 1. The highest BCUT2D eigenvalue weighted by Gasteiger charge is 2.05. The normalized spacial score (nSPS) is 10.8. The molecule has 0 fully saturated rings. The predicted octanol–water partition coefficient (Wildman–Crippen LogP) is -0.559. The maximum Gasteiger partial charge on any atom is 0.265 e. The van der Waals surface area contributed by atoms with Gasteiger partial charge < -0.3 is 5.73 Å². The molecule has 0 unspecified atom stereocenters. The number of nitrogens with two attached hydrogens (primary N) is 1. The van der Waals surface area contributed by atoms with Gasteiger partial charge in [-0.2, -0.15) is 0 Å². The van der Waals surface area contributed by atoms with Gasteiger partial charge >= 0.3 is 0 Å². The maximum absolute atomic E-state index is 11.3. The fraction of sp³-hybridized carbons (Fsp3) is 0.667. The number of hydroxylamine groups is 1. The van der Waals surface area contributed by atoms with Crippen LogP contribution in [0.5, 0.6) is 0 Å². The van der Waals surface area contributed by atoms with E-state index in [1.54, 1.807) is 6.20 Å². The molecule has 0 radical (unpaired) electrons. The van der Waals surface area contributed by atoms with Gasteiger partial charge in [-0.3, -0.25) is 9.63 Å². The fourth-order valence-electron chi connectivity index (χ4n) is 0.978. The van der Waals surface area contributed by atoms with E-state index in [1.165, 1.54) is 4.68 Å². The van der Waals surface area contributed by atoms with Crippen molar-refractivity contribution in [2.24, 2.45) is 11.7 Å². The van der Waals surface area contributed by atoms with E-state index in [9.17, 15) is 4.79 Å². The second-order valence-electron chi connectivity index (χ2n) is 3.84. The van der Waals surface area contributed by atoms with Crippen LogP contribution in [0.1, 0.15) is 19.5 Å². The summed E-state index contributed by atoms with van der Waals surface area (Å²) in [6, 6.07) is 0. The number of aromatic nitrogens is 3. The first-order chi connectivity index (χ1) is 7.61. The van der Waals surface area contributed by atoms with E-state index in [-0.39, 0.29) is 12.5 Å². The van der Waals surface area contributed by atoms with Crippen molar-refractivity contribution in [3.8, 4) is 0 Å². The van der Waals surface area contributed by atoms with E-state index in [0.717, 1.165) is 0 Å². The Labute approximate surface area is 93.9 Å². The molecule has 7 nitrogen and oxygen atoms in total. The van der Waals surface area contributed by atoms with Crippen LogP contribution in [-0.4, -0.2) is 27.5 Å². The first-order valence-corrected chi connectivity index (χ1v) is 5.11. The fourth-order valence-corrected chi connectivity index (χ4v) is 0.978. The van der Waals surface area contributed by atoms with Crippen LogP contribution >= 0.6 is 0 Å². The number of nitrogens with zero attached hydrogens (tertiary/aromatic N) is 3. The minimum atomic E-state index is -0.269. The molecule has 0 atom stereocenters. The zero-order valence-electron chi connectivity index (χ0n) is 9.51. The van der Waals surface area contributed by atoms with Crippen molar-refractivity contribution in [1.29, 1.82) is 0 Å². The summed E-state index contributed by atoms with van der Waals surface area (Å²) in [5.74, 6) is 0.102. The van der Waals surface area contributed by atoms with Gasteiger partial charge in [-0.25, -0.2) is 10.2 Å². The lowest BCUT2D eigenvalue weighted by atomic mass is 10.2. The maximum atomic E-state index is 11.3. The summed E-state index contributed by atoms with van der Waals surface area (Å²) in [6.07, 6.45) is 1.63. The molecular formula is C9H17N5O2. The van der Waals surface area contributed by atoms with Gasteiger partial charge in [-0.1, -0.05) is 19.1 Å². The highest BCUT2D eigenvalue weighted by Crippen LogP contribution is 1.92. The number of carbonyl (C=O) groups is 1. The summed E-state index contributed by atoms with van der Waals surface area (Å²) in [4.78, 5) is 16.3. The molecule has 0 saturated heterocycles. The molecule has 0 aliphatic heterocycles. The number of nitrogens with one attached hydrogen (secondary N) is 1. The third-order valence-electron chi connectivity index (χ3n) is 1.70. The van der Waals surface area contributed by atoms with Gasteiger partial charge in [-0.15, -0.1) is 5.10 Å². The van der Waals surface area contributed by atoms with Crippen LogP contribution in [0, 0.1) is 5.92 Å². The molecule has 0 bridgehead atoms. The molecule has 3 N–H and O–H groups in total. The predicted molar refractivity (Wildman–Crippen MR) is 56.8 cm³/mol. The first kappa shape index (κ1) is 12.6. The van der Waals surface area contributed by atoms with Crippen molar-refractivity contribution in [1.82, 2.24) is 20.5 Å². The quantitative estimate of drug-likeness (QED) is 0.635. The number of rotatable bonds is 6. The molecule has 1 heterocycles. The molecule has 7 heteroatoms. The van der Waals surface area contributed by atoms with Crippen molar-refractivity contribution in [3.63, 3.8) is 0 Å². The highest BCUT2D eigenvalue weighted by atomic mass is 16.6. The Bertz CT molecular complexity index is 336. The summed E-state index contributed by atoms with van der Waals surface area (Å²) in [6.45, 7) is 4.86. The molecule has 1 rings (SSSR count). The third kappa shape index (κ3) is 4.37. The van der Waals surface area contributed by atoms with Gasteiger partial charge in [0.15, 0.2) is 0 Å². The Balaban J connectivity index is 2.28. The van der Waals surface area contributed by atoms with Crippen molar-refractivity contribution >= 4 is 5.91 Å². The number of amides is 1. The van der Waals surface area contributed by atoms with Crippen LogP contribution in [0.2, 0.25) is 0 Å². The van der Waals surface area contributed by atoms with Gasteiger partial charge in [0.25, 0.3) is 5.91 Å². The monoisotopic (exact) mass is 227 g/mol. The van der Waals surface area contributed by atoms with Crippen LogP contribution < -0.4 is 11.2 Å². The zero-order valence-corrected chi connectivity index (χ0v) is 9.51. The minimum absolute atomic E-state index is 0.0745. The molecule has 1 aromatic heterocycles. The smallest absolute Gasteiger partial charge is 0.265 e. The van der Waals surface area contributed by atoms with Crippen molar-refractivity contribution in [2.75, 3.05) is 6.61 Å². The van der Waals surface area contributed by atoms with Crippen molar-refractivity contribution < 1.29 is 9.63 Å². The van der Waals surface area contributed by atoms with Gasteiger partial charge in [0.05, 0.1) is 18.5 Å². The van der Waals surface area contributed by atoms with E-state index < -0.39 is 0 Å². The number of hydrogen-bond donors (Lipinski definition) is 2. The summed E-state index contributed by atoms with van der Waals surface area (Å²) < 4.78 is 1.41. The standard InChI is InChI=1S/C9H17N5O2/c1-7(2)6-16-12-9(15)5-14-4-8(3-10)11-13-14/h4,7H,3,5-6,10H2,1-2H3,(H,12,15). The van der Waals surface area contributed by atoms with Crippen molar-refractivity contribution in [2.45, 2.75) is 26.9 Å². The van der Waals surface area contributed by atoms with Gasteiger partial charge in [0.1, 0.15) is 6.54 Å². The summed E-state index contributed by atoms with van der Waals surface area (Å²) >= 11 is 0. The van der Waals surface area contributed by atoms with Gasteiger partial charge in [-0.05, 0) is 5.92 Å². The Morgan fingerprint density at radius 2 is 2.44 bits per heavy atom. The van der Waals surface area contributed by atoms with E-state index in [4.69, 9.17) is 10.6 Å². The van der Waals surface area contributed by atoms with E-state index in [0.29, 0.717) is 24.8 Å². The first-order valence-electron chi connectivity index (χ1n) is 5.11. The molecule has 0 saturated carbocycles. The molecule has 1 amide bonds. The lowest BCUT2D eigenvalue weighted by Gasteiger charge is -2.07. The van der Waals surface area contributed by atoms with Crippen LogP contribution in [0.4, 0.5) is 0 Å². The number of hydrogen-bond acceptors (Lipinski definition) is 5. The highest BCUT2D eigenvalue weighted by molar-refractivity contribution is 5.74. The Hall–Kier alpha value is -1.47. The average Bonchev–Trinajstić information content (AvgIpc) is 2.65. The Morgan fingerprint density at radius 1 is 1.69 bits per heavy atom. The second kappa shape index (κ2) is 6.19. The molecule has 0 aliphatic rings. The molecule has 0 aromatic carbocycles. The molecule has 90 valence electrons. The topological polar surface area (TPSA) is 95.1 Å². The Morgan fingerprint density at radius 3 is 3.00 bits per heavy atom. The molecule has 0 aliphatic carbocycles. The lowest BCUT2D eigenvalue weighted by molar-refractivity contribution is -0.135. The van der Waals surface area contributed by atoms with E-state index in [2.05, 4.69) is 15.8 Å². The van der Waals surface area contributed by atoms with Crippen LogP contribution in [0.25, 0.3) is 0 Å². The molecule has 1 aromatic rings. The minimum Gasteiger partial charge on any atom is -0.325 e. The van der Waals surface area contributed by atoms with Crippen LogP contribution in [0.3, 0.4) is 0 Å². The third-order valence-corrected chi connectivity index (χ3v) is 1.70. The summed E-state index contributed by atoms with van der Waals surface area (Å²) in [5.41, 5.74) is 8.35.